The van der Waals surface area contributed by atoms with Gasteiger partial charge in [0.2, 0.25) is 0 Å². The molecule has 0 bridgehead atoms. The number of anilines is 2. The van der Waals surface area contributed by atoms with Crippen LogP contribution in [-0.4, -0.2) is 23.2 Å². The van der Waals surface area contributed by atoms with Crippen LogP contribution in [0, 0.1) is 18.3 Å². The number of rotatable bonds is 2. The first-order valence-electron chi connectivity index (χ1n) is 5.63. The summed E-state index contributed by atoms with van der Waals surface area (Å²) in [4.78, 5) is 13.8. The van der Waals surface area contributed by atoms with Gasteiger partial charge in [0.25, 0.3) is 5.91 Å². The van der Waals surface area contributed by atoms with Crippen molar-refractivity contribution in [1.29, 1.82) is 5.26 Å². The number of benzene rings is 1. The van der Waals surface area contributed by atoms with Crippen LogP contribution in [0.4, 0.5) is 11.5 Å². The number of aromatic amines is 1. The van der Waals surface area contributed by atoms with Crippen LogP contribution in [0.1, 0.15) is 21.6 Å². The minimum Gasteiger partial charge on any atom is -0.382 e. The second-order valence-electron chi connectivity index (χ2n) is 4.13. The topological polar surface area (TPSA) is 98.8 Å². The van der Waals surface area contributed by atoms with Crippen molar-refractivity contribution in [2.75, 3.05) is 17.7 Å². The highest BCUT2D eigenvalue weighted by molar-refractivity contribution is 6.09. The number of aryl methyl sites for hydroxylation is 1. The molecular weight excluding hydrogens is 242 g/mol. The number of nitriles is 1. The van der Waals surface area contributed by atoms with Gasteiger partial charge in [-0.2, -0.15) is 10.4 Å². The van der Waals surface area contributed by atoms with Crippen LogP contribution in [0.5, 0.6) is 0 Å². The Bertz CT molecular complexity index is 631. The van der Waals surface area contributed by atoms with E-state index in [1.54, 1.807) is 38.2 Å². The van der Waals surface area contributed by atoms with E-state index >= 15 is 0 Å². The number of nitrogens with zero attached hydrogens (tertiary/aromatic N) is 3. The predicted molar refractivity (Wildman–Crippen MR) is 71.6 cm³/mol. The van der Waals surface area contributed by atoms with E-state index in [4.69, 9.17) is 11.0 Å². The maximum absolute atomic E-state index is 12.3. The fourth-order valence-electron chi connectivity index (χ4n) is 1.76. The van der Waals surface area contributed by atoms with E-state index in [1.807, 2.05) is 6.07 Å². The van der Waals surface area contributed by atoms with Crippen molar-refractivity contribution < 1.29 is 4.79 Å². The first-order chi connectivity index (χ1) is 9.04. The lowest BCUT2D eigenvalue weighted by atomic mass is 10.1. The van der Waals surface area contributed by atoms with Crippen molar-refractivity contribution >= 4 is 17.4 Å². The van der Waals surface area contributed by atoms with Crippen LogP contribution in [0.15, 0.2) is 24.3 Å². The Balaban J connectivity index is 2.31. The molecule has 0 aliphatic rings. The number of nitrogens with two attached hydrogens (primary N) is 1. The van der Waals surface area contributed by atoms with Gasteiger partial charge in [-0.05, 0) is 31.2 Å². The highest BCUT2D eigenvalue weighted by Gasteiger charge is 2.20. The zero-order chi connectivity index (χ0) is 14.0. The Hall–Kier alpha value is -2.81. The third kappa shape index (κ3) is 2.26. The number of aromatic nitrogens is 2. The van der Waals surface area contributed by atoms with Gasteiger partial charge in [0, 0.05) is 18.4 Å². The summed E-state index contributed by atoms with van der Waals surface area (Å²) in [5.74, 6) is -0.0588. The zero-order valence-electron chi connectivity index (χ0n) is 10.6. The predicted octanol–water partition coefficient (Wildman–Crippen LogP) is 1.45. The lowest BCUT2D eigenvalue weighted by Crippen LogP contribution is -2.27. The highest BCUT2D eigenvalue weighted by Crippen LogP contribution is 2.20. The molecule has 0 atom stereocenters. The molecule has 19 heavy (non-hydrogen) atoms. The summed E-state index contributed by atoms with van der Waals surface area (Å²) < 4.78 is 0. The number of hydrogen-bond acceptors (Lipinski definition) is 4. The molecule has 1 amide bonds. The average Bonchev–Trinajstić information content (AvgIpc) is 2.77. The standard InChI is InChI=1S/C13H13N5O/c1-8-11(12(15)17-16-8)13(19)18(2)10-5-3-9(7-14)4-6-10/h3-6H,1-2H3,(H3,15,16,17). The third-order valence-electron chi connectivity index (χ3n) is 2.88. The van der Waals surface area contributed by atoms with Crippen LogP contribution < -0.4 is 10.6 Å². The fraction of sp³-hybridized carbons (Fsp3) is 0.154. The summed E-state index contributed by atoms with van der Waals surface area (Å²) in [6.07, 6.45) is 0. The lowest BCUT2D eigenvalue weighted by molar-refractivity contribution is 0.0993. The maximum atomic E-state index is 12.3. The molecule has 1 heterocycles. The number of carbonyl (C=O) groups is 1. The van der Waals surface area contributed by atoms with E-state index < -0.39 is 0 Å². The van der Waals surface area contributed by atoms with Crippen LogP contribution in [0.2, 0.25) is 0 Å². The zero-order valence-corrected chi connectivity index (χ0v) is 10.6. The maximum Gasteiger partial charge on any atom is 0.263 e. The molecule has 1 aromatic heterocycles. The molecule has 6 heteroatoms. The summed E-state index contributed by atoms with van der Waals surface area (Å²) in [6, 6.07) is 8.77. The Kier molecular flexibility index (Phi) is 3.21. The van der Waals surface area contributed by atoms with Gasteiger partial charge in [-0.1, -0.05) is 0 Å². The Morgan fingerprint density at radius 2 is 2.05 bits per heavy atom. The number of hydrogen-bond donors (Lipinski definition) is 2. The largest absolute Gasteiger partial charge is 0.382 e. The van der Waals surface area contributed by atoms with Crippen LogP contribution >= 0.6 is 0 Å². The van der Waals surface area contributed by atoms with Crippen molar-refractivity contribution in [1.82, 2.24) is 10.2 Å². The van der Waals surface area contributed by atoms with Gasteiger partial charge in [-0.3, -0.25) is 9.89 Å². The molecule has 3 N–H and O–H groups in total. The van der Waals surface area contributed by atoms with Crippen molar-refractivity contribution in [2.45, 2.75) is 6.92 Å². The van der Waals surface area contributed by atoms with Gasteiger partial charge in [0.1, 0.15) is 5.56 Å². The molecule has 0 spiro atoms. The summed E-state index contributed by atoms with van der Waals surface area (Å²) in [5.41, 5.74) is 7.90. The van der Waals surface area contributed by atoms with Crippen LogP contribution in [-0.2, 0) is 0 Å². The molecule has 0 aliphatic heterocycles. The van der Waals surface area contributed by atoms with Gasteiger partial charge in [0.15, 0.2) is 5.82 Å². The van der Waals surface area contributed by atoms with Gasteiger partial charge in [0.05, 0.1) is 11.6 Å². The Labute approximate surface area is 110 Å². The molecule has 0 saturated carbocycles. The fourth-order valence-corrected chi connectivity index (χ4v) is 1.76. The Morgan fingerprint density at radius 3 is 2.53 bits per heavy atom. The van der Waals surface area contributed by atoms with Crippen molar-refractivity contribution in [3.05, 3.63) is 41.1 Å². The molecule has 2 aromatic rings. The van der Waals surface area contributed by atoms with E-state index in [1.165, 1.54) is 4.90 Å². The van der Waals surface area contributed by atoms with E-state index in [0.29, 0.717) is 22.5 Å². The third-order valence-corrected chi connectivity index (χ3v) is 2.88. The lowest BCUT2D eigenvalue weighted by Gasteiger charge is -2.17. The number of nitrogen functional groups attached to an aromatic ring is 1. The molecular formula is C13H13N5O. The van der Waals surface area contributed by atoms with E-state index in [2.05, 4.69) is 10.2 Å². The molecule has 0 aliphatic carbocycles. The molecule has 0 radical (unpaired) electrons. The molecule has 6 nitrogen and oxygen atoms in total. The summed E-state index contributed by atoms with van der Waals surface area (Å²) >= 11 is 0. The first-order valence-corrected chi connectivity index (χ1v) is 5.63. The van der Waals surface area contributed by atoms with Gasteiger partial charge in [-0.25, -0.2) is 0 Å². The normalized spacial score (nSPS) is 9.95. The van der Waals surface area contributed by atoms with Gasteiger partial charge < -0.3 is 10.6 Å². The number of carbonyl (C=O) groups excluding carboxylic acids is 1. The second kappa shape index (κ2) is 4.82. The summed E-state index contributed by atoms with van der Waals surface area (Å²) in [6.45, 7) is 1.74. The number of nitrogens with one attached hydrogen (secondary N) is 1. The van der Waals surface area contributed by atoms with E-state index in [0.717, 1.165) is 0 Å². The number of H-pyrrole nitrogens is 1. The minimum absolute atomic E-state index is 0.183. The van der Waals surface area contributed by atoms with Gasteiger partial charge in [-0.15, -0.1) is 0 Å². The molecule has 96 valence electrons. The van der Waals surface area contributed by atoms with Crippen LogP contribution in [0.3, 0.4) is 0 Å². The summed E-state index contributed by atoms with van der Waals surface area (Å²) in [7, 11) is 1.65. The molecule has 0 saturated heterocycles. The molecule has 2 rings (SSSR count). The van der Waals surface area contributed by atoms with Crippen molar-refractivity contribution in [2.24, 2.45) is 0 Å². The smallest absolute Gasteiger partial charge is 0.263 e. The number of amides is 1. The SMILES string of the molecule is Cc1[nH]nc(N)c1C(=O)N(C)c1ccc(C#N)cc1. The second-order valence-corrected chi connectivity index (χ2v) is 4.13. The quantitative estimate of drug-likeness (QED) is 0.848. The molecule has 0 fully saturated rings. The Morgan fingerprint density at radius 1 is 1.42 bits per heavy atom. The van der Waals surface area contributed by atoms with Crippen molar-refractivity contribution in [3.8, 4) is 6.07 Å². The van der Waals surface area contributed by atoms with Crippen LogP contribution in [0.25, 0.3) is 0 Å². The van der Waals surface area contributed by atoms with E-state index in [9.17, 15) is 4.79 Å². The molecule has 0 unspecified atom stereocenters. The van der Waals surface area contributed by atoms with E-state index in [-0.39, 0.29) is 11.7 Å². The highest BCUT2D eigenvalue weighted by atomic mass is 16.2. The van der Waals surface area contributed by atoms with Crippen molar-refractivity contribution in [3.63, 3.8) is 0 Å². The summed E-state index contributed by atoms with van der Waals surface area (Å²) in [5, 5.41) is 15.2. The first kappa shape index (κ1) is 12.6. The monoisotopic (exact) mass is 255 g/mol. The van der Waals surface area contributed by atoms with Gasteiger partial charge >= 0.3 is 0 Å². The average molecular weight is 255 g/mol. The minimum atomic E-state index is -0.242. The molecule has 1 aromatic carbocycles.